The molecule has 0 spiro atoms. The van der Waals surface area contributed by atoms with Crippen LogP contribution in [0.1, 0.15) is 31.2 Å². The van der Waals surface area contributed by atoms with Crippen molar-refractivity contribution in [3.63, 3.8) is 0 Å². The minimum absolute atomic E-state index is 0.200. The van der Waals surface area contributed by atoms with Gasteiger partial charge in [0.05, 0.1) is 28.5 Å². The molecule has 0 heterocycles. The van der Waals surface area contributed by atoms with Gasteiger partial charge in [0.25, 0.3) is 0 Å². The lowest BCUT2D eigenvalue weighted by molar-refractivity contribution is 0.0277. The Hall–Kier alpha value is -0.770. The highest BCUT2D eigenvalue weighted by molar-refractivity contribution is 6.42. The third kappa shape index (κ3) is 3.37. The second kappa shape index (κ2) is 6.41. The summed E-state index contributed by atoms with van der Waals surface area (Å²) >= 11 is 12.0. The number of oxime groups is 1. The Labute approximate surface area is 116 Å². The summed E-state index contributed by atoms with van der Waals surface area (Å²) in [5.74, 6) is 0. The monoisotopic (exact) mass is 287 g/mol. The average Bonchev–Trinajstić information content (AvgIpc) is 2.41. The Kier molecular flexibility index (Phi) is 4.87. The smallest absolute Gasteiger partial charge is 0.0735 e. The van der Waals surface area contributed by atoms with Gasteiger partial charge in [0, 0.05) is 0 Å². The fourth-order valence-corrected chi connectivity index (χ4v) is 2.43. The molecular formula is C13H15Cl2NO2. The molecule has 3 nitrogen and oxygen atoms in total. The fraction of sp³-hybridized carbons (Fsp3) is 0.462. The van der Waals surface area contributed by atoms with Crippen molar-refractivity contribution in [3.8, 4) is 0 Å². The van der Waals surface area contributed by atoms with Gasteiger partial charge in [-0.2, -0.15) is 0 Å². The van der Waals surface area contributed by atoms with Gasteiger partial charge in [0.2, 0.25) is 0 Å². The van der Waals surface area contributed by atoms with Crippen molar-refractivity contribution in [1.82, 2.24) is 0 Å². The summed E-state index contributed by atoms with van der Waals surface area (Å²) in [6.45, 7) is 0.468. The first-order chi connectivity index (χ1) is 8.70. The number of hydrogen-bond donors (Lipinski definition) is 1. The van der Waals surface area contributed by atoms with Gasteiger partial charge >= 0.3 is 0 Å². The maximum Gasteiger partial charge on any atom is 0.0735 e. The van der Waals surface area contributed by atoms with E-state index in [0.29, 0.717) is 16.7 Å². The minimum atomic E-state index is 0.200. The second-order valence-corrected chi connectivity index (χ2v) is 5.17. The van der Waals surface area contributed by atoms with Crippen molar-refractivity contribution in [1.29, 1.82) is 0 Å². The summed E-state index contributed by atoms with van der Waals surface area (Å²) in [4.78, 5) is 0. The molecule has 1 aromatic rings. The van der Waals surface area contributed by atoms with E-state index >= 15 is 0 Å². The third-order valence-electron chi connectivity index (χ3n) is 3.16. The summed E-state index contributed by atoms with van der Waals surface area (Å²) < 4.78 is 5.82. The maximum atomic E-state index is 8.67. The average molecular weight is 288 g/mol. The van der Waals surface area contributed by atoms with Crippen molar-refractivity contribution in [3.05, 3.63) is 33.8 Å². The van der Waals surface area contributed by atoms with Gasteiger partial charge in [-0.3, -0.25) is 0 Å². The van der Waals surface area contributed by atoms with Crippen LogP contribution in [-0.2, 0) is 11.3 Å². The number of hydrogen-bond acceptors (Lipinski definition) is 3. The van der Waals surface area contributed by atoms with Crippen LogP contribution in [0.3, 0.4) is 0 Å². The summed E-state index contributed by atoms with van der Waals surface area (Å²) in [7, 11) is 0. The highest BCUT2D eigenvalue weighted by Gasteiger charge is 2.18. The number of nitrogens with zero attached hydrogens (tertiary/aromatic N) is 1. The molecule has 0 atom stereocenters. The van der Waals surface area contributed by atoms with E-state index in [1.807, 2.05) is 12.1 Å². The number of halogens is 2. The van der Waals surface area contributed by atoms with E-state index in [9.17, 15) is 0 Å². The van der Waals surface area contributed by atoms with Crippen LogP contribution in [0.4, 0.5) is 0 Å². The zero-order valence-electron chi connectivity index (χ0n) is 9.90. The molecule has 1 fully saturated rings. The largest absolute Gasteiger partial charge is 0.411 e. The predicted molar refractivity (Wildman–Crippen MR) is 72.7 cm³/mol. The van der Waals surface area contributed by atoms with E-state index in [2.05, 4.69) is 5.16 Å². The van der Waals surface area contributed by atoms with Crippen LogP contribution in [0.15, 0.2) is 23.4 Å². The predicted octanol–water partition coefficient (Wildman–Crippen LogP) is 4.28. The molecule has 0 aliphatic heterocycles. The summed E-state index contributed by atoms with van der Waals surface area (Å²) in [6.07, 6.45) is 3.56. The van der Waals surface area contributed by atoms with Crippen LogP contribution in [0, 0.1) is 0 Å². The van der Waals surface area contributed by atoms with Gasteiger partial charge in [-0.1, -0.05) is 40.5 Å². The molecule has 0 bridgehead atoms. The first-order valence-electron chi connectivity index (χ1n) is 5.95. The molecule has 5 heteroatoms. The molecule has 2 rings (SSSR count). The minimum Gasteiger partial charge on any atom is -0.411 e. The standard InChI is InChI=1S/C13H15Cl2NO2/c14-12-3-1-2-9(13(12)15)8-18-11-6-4-10(16-17)5-7-11/h1-3,11,17H,4-8H2. The van der Waals surface area contributed by atoms with Gasteiger partial charge in [-0.25, -0.2) is 0 Å². The lowest BCUT2D eigenvalue weighted by Gasteiger charge is -2.23. The van der Waals surface area contributed by atoms with Crippen molar-refractivity contribution < 1.29 is 9.94 Å². The molecule has 0 saturated heterocycles. The van der Waals surface area contributed by atoms with Crippen LogP contribution >= 0.6 is 23.2 Å². The van der Waals surface area contributed by atoms with Crippen LogP contribution in [0.25, 0.3) is 0 Å². The highest BCUT2D eigenvalue weighted by Crippen LogP contribution is 2.27. The Morgan fingerprint density at radius 3 is 2.67 bits per heavy atom. The van der Waals surface area contributed by atoms with Crippen LogP contribution in [0.5, 0.6) is 0 Å². The van der Waals surface area contributed by atoms with Crippen molar-refractivity contribution in [2.24, 2.45) is 5.16 Å². The van der Waals surface area contributed by atoms with Crippen molar-refractivity contribution >= 4 is 28.9 Å². The topological polar surface area (TPSA) is 41.8 Å². The Morgan fingerprint density at radius 1 is 1.28 bits per heavy atom. The van der Waals surface area contributed by atoms with Gasteiger partial charge in [-0.05, 0) is 37.3 Å². The normalized spacial score (nSPS) is 19.9. The number of rotatable bonds is 3. The molecule has 1 aliphatic rings. The first kappa shape index (κ1) is 13.7. The molecule has 1 N–H and O–H groups in total. The van der Waals surface area contributed by atoms with E-state index in [1.54, 1.807) is 6.07 Å². The summed E-state index contributed by atoms with van der Waals surface area (Å²) in [5, 5.41) is 13.0. The Bertz CT molecular complexity index is 439. The molecular weight excluding hydrogens is 273 g/mol. The summed E-state index contributed by atoms with van der Waals surface area (Å²) in [5.41, 5.74) is 1.77. The lowest BCUT2D eigenvalue weighted by atomic mass is 9.96. The highest BCUT2D eigenvalue weighted by atomic mass is 35.5. The molecule has 0 aromatic heterocycles. The van der Waals surface area contributed by atoms with E-state index < -0.39 is 0 Å². The molecule has 0 radical (unpaired) electrons. The molecule has 0 unspecified atom stereocenters. The molecule has 1 saturated carbocycles. The molecule has 1 aromatic carbocycles. The molecule has 0 amide bonds. The SMILES string of the molecule is ON=C1CCC(OCc2cccc(Cl)c2Cl)CC1. The van der Waals surface area contributed by atoms with Crippen LogP contribution in [0.2, 0.25) is 10.0 Å². The third-order valence-corrected chi connectivity index (χ3v) is 4.02. The van der Waals surface area contributed by atoms with E-state index in [4.69, 9.17) is 33.1 Å². The molecule has 1 aliphatic carbocycles. The first-order valence-corrected chi connectivity index (χ1v) is 6.70. The van der Waals surface area contributed by atoms with Gasteiger partial charge in [0.1, 0.15) is 0 Å². The van der Waals surface area contributed by atoms with Crippen molar-refractivity contribution in [2.75, 3.05) is 0 Å². The number of benzene rings is 1. The van der Waals surface area contributed by atoms with Crippen molar-refractivity contribution in [2.45, 2.75) is 38.4 Å². The van der Waals surface area contributed by atoms with Gasteiger partial charge < -0.3 is 9.94 Å². The number of ether oxygens (including phenoxy) is 1. The maximum absolute atomic E-state index is 8.67. The van der Waals surface area contributed by atoms with E-state index in [1.165, 1.54) is 0 Å². The lowest BCUT2D eigenvalue weighted by Crippen LogP contribution is -2.21. The van der Waals surface area contributed by atoms with Gasteiger partial charge in [-0.15, -0.1) is 0 Å². The second-order valence-electron chi connectivity index (χ2n) is 4.39. The zero-order chi connectivity index (χ0) is 13.0. The van der Waals surface area contributed by atoms with E-state index in [-0.39, 0.29) is 6.10 Å². The Morgan fingerprint density at radius 2 is 2.00 bits per heavy atom. The van der Waals surface area contributed by atoms with Crippen LogP contribution in [-0.4, -0.2) is 17.0 Å². The Balaban J connectivity index is 1.87. The van der Waals surface area contributed by atoms with Gasteiger partial charge in [0.15, 0.2) is 0 Å². The molecule has 18 heavy (non-hydrogen) atoms. The quantitative estimate of drug-likeness (QED) is 0.666. The zero-order valence-corrected chi connectivity index (χ0v) is 11.4. The fourth-order valence-electron chi connectivity index (χ4n) is 2.06. The molecule has 98 valence electrons. The van der Waals surface area contributed by atoms with E-state index in [0.717, 1.165) is 37.0 Å². The van der Waals surface area contributed by atoms with Crippen LogP contribution < -0.4 is 0 Å². The summed E-state index contributed by atoms with van der Waals surface area (Å²) in [6, 6.07) is 5.54.